The Kier molecular flexibility index (Phi) is 6.53. The van der Waals surface area contributed by atoms with Crippen LogP contribution in [0.3, 0.4) is 0 Å². The molecule has 0 aliphatic rings. The van der Waals surface area contributed by atoms with E-state index in [-0.39, 0.29) is 55.6 Å². The maximum absolute atomic E-state index is 11.2. The number of ketones is 1. The number of carbonyl (C=O) groups excluding carboxylic acids is 2. The standard InChI is InChI=1S/C9H10O4.Na.H/c1-2-12-9(11)6-7(10)8-4-3-5-13-8;;/h3-5H,2,6H2,1H3;;/q;+1;-1. The van der Waals surface area contributed by atoms with Crippen LogP contribution in [0.1, 0.15) is 25.3 Å². The molecule has 0 saturated carbocycles. The van der Waals surface area contributed by atoms with Crippen LogP contribution in [-0.4, -0.2) is 18.4 Å². The topological polar surface area (TPSA) is 56.5 Å². The maximum atomic E-state index is 11.2. The number of hydrogen-bond donors (Lipinski definition) is 0. The number of rotatable bonds is 4. The average Bonchev–Trinajstić information content (AvgIpc) is 2.55. The Morgan fingerprint density at radius 3 is 2.79 bits per heavy atom. The molecule has 4 nitrogen and oxygen atoms in total. The molecular formula is C9H11NaO4. The molecule has 0 spiro atoms. The van der Waals surface area contributed by atoms with Gasteiger partial charge in [-0.2, -0.15) is 0 Å². The first-order chi connectivity index (χ1) is 6.24. The van der Waals surface area contributed by atoms with Crippen LogP contribution in [0, 0.1) is 0 Å². The van der Waals surface area contributed by atoms with Gasteiger partial charge < -0.3 is 10.6 Å². The number of ether oxygens (including phenoxy) is 1. The summed E-state index contributed by atoms with van der Waals surface area (Å²) in [4.78, 5) is 22.1. The Labute approximate surface area is 105 Å². The van der Waals surface area contributed by atoms with Crippen LogP contribution in [0.15, 0.2) is 22.8 Å². The molecule has 0 fully saturated rings. The van der Waals surface area contributed by atoms with E-state index in [0.717, 1.165) is 0 Å². The molecule has 1 heterocycles. The van der Waals surface area contributed by atoms with Gasteiger partial charge in [-0.15, -0.1) is 0 Å². The van der Waals surface area contributed by atoms with E-state index in [2.05, 4.69) is 4.74 Å². The van der Waals surface area contributed by atoms with Crippen LogP contribution in [0.4, 0.5) is 0 Å². The summed E-state index contributed by atoms with van der Waals surface area (Å²) >= 11 is 0. The van der Waals surface area contributed by atoms with Crippen LogP contribution in [0.25, 0.3) is 0 Å². The molecule has 5 heteroatoms. The summed E-state index contributed by atoms with van der Waals surface area (Å²) < 4.78 is 9.43. The molecule has 14 heavy (non-hydrogen) atoms. The van der Waals surface area contributed by atoms with Crippen molar-refractivity contribution < 1.29 is 49.7 Å². The van der Waals surface area contributed by atoms with E-state index in [1.165, 1.54) is 12.3 Å². The number of hydrogen-bond acceptors (Lipinski definition) is 4. The normalized spacial score (nSPS) is 8.93. The van der Waals surface area contributed by atoms with Gasteiger partial charge in [0.25, 0.3) is 0 Å². The average molecular weight is 206 g/mol. The van der Waals surface area contributed by atoms with Gasteiger partial charge in [0.15, 0.2) is 5.76 Å². The fourth-order valence-electron chi connectivity index (χ4n) is 0.867. The third-order valence-electron chi connectivity index (χ3n) is 1.41. The van der Waals surface area contributed by atoms with Gasteiger partial charge in [0.1, 0.15) is 6.42 Å². The van der Waals surface area contributed by atoms with Gasteiger partial charge >= 0.3 is 35.5 Å². The SMILES string of the molecule is CCOC(=O)CC(=O)c1ccco1.[H-].[Na+]. The Bertz CT molecular complexity index is 297. The molecule has 0 saturated heterocycles. The second kappa shape index (κ2) is 6.81. The second-order valence-electron chi connectivity index (χ2n) is 2.38. The van der Waals surface area contributed by atoms with Crippen molar-refractivity contribution in [2.24, 2.45) is 0 Å². The van der Waals surface area contributed by atoms with Crippen LogP contribution in [-0.2, 0) is 9.53 Å². The van der Waals surface area contributed by atoms with Gasteiger partial charge in [-0.05, 0) is 19.1 Å². The quantitative estimate of drug-likeness (QED) is 0.261. The van der Waals surface area contributed by atoms with Crippen molar-refractivity contribution in [3.63, 3.8) is 0 Å². The minimum absolute atomic E-state index is 0. The van der Waals surface area contributed by atoms with Gasteiger partial charge in [0.05, 0.1) is 12.9 Å². The van der Waals surface area contributed by atoms with Crippen LogP contribution < -0.4 is 29.6 Å². The molecule has 0 aromatic carbocycles. The van der Waals surface area contributed by atoms with Crippen molar-refractivity contribution in [1.82, 2.24) is 0 Å². The first-order valence-corrected chi connectivity index (χ1v) is 3.96. The van der Waals surface area contributed by atoms with E-state index >= 15 is 0 Å². The molecule has 0 N–H and O–H groups in total. The molecule has 0 aliphatic carbocycles. The fraction of sp³-hybridized carbons (Fsp3) is 0.333. The van der Waals surface area contributed by atoms with Crippen molar-refractivity contribution >= 4 is 11.8 Å². The van der Waals surface area contributed by atoms with E-state index in [9.17, 15) is 9.59 Å². The van der Waals surface area contributed by atoms with Crippen molar-refractivity contribution in [3.05, 3.63) is 24.2 Å². The molecule has 0 atom stereocenters. The molecular weight excluding hydrogens is 195 g/mol. The Hall–Kier alpha value is -0.580. The summed E-state index contributed by atoms with van der Waals surface area (Å²) in [6.45, 7) is 1.97. The van der Waals surface area contributed by atoms with Crippen LogP contribution in [0.2, 0.25) is 0 Å². The monoisotopic (exact) mass is 206 g/mol. The molecule has 1 rings (SSSR count). The summed E-state index contributed by atoms with van der Waals surface area (Å²) in [6.07, 6.45) is 1.12. The minimum Gasteiger partial charge on any atom is -1.00 e. The summed E-state index contributed by atoms with van der Waals surface area (Å²) in [5.74, 6) is -0.694. The van der Waals surface area contributed by atoms with E-state index in [4.69, 9.17) is 4.42 Å². The molecule has 0 radical (unpaired) electrons. The molecule has 0 amide bonds. The minimum atomic E-state index is -0.524. The van der Waals surface area contributed by atoms with Gasteiger partial charge in [-0.25, -0.2) is 0 Å². The van der Waals surface area contributed by atoms with Gasteiger partial charge in [0, 0.05) is 0 Å². The largest absolute Gasteiger partial charge is 1.00 e. The maximum Gasteiger partial charge on any atom is 1.00 e. The zero-order valence-electron chi connectivity index (χ0n) is 9.28. The molecule has 1 aromatic heterocycles. The van der Waals surface area contributed by atoms with E-state index in [0.29, 0.717) is 0 Å². The zero-order chi connectivity index (χ0) is 9.68. The smallest absolute Gasteiger partial charge is 1.00 e. The summed E-state index contributed by atoms with van der Waals surface area (Å²) in [5, 5.41) is 0. The molecule has 0 unspecified atom stereocenters. The summed E-state index contributed by atoms with van der Waals surface area (Å²) in [6, 6.07) is 3.11. The summed E-state index contributed by atoms with van der Waals surface area (Å²) in [5.41, 5.74) is 0. The van der Waals surface area contributed by atoms with E-state index < -0.39 is 5.97 Å². The third-order valence-corrected chi connectivity index (χ3v) is 1.41. The Morgan fingerprint density at radius 2 is 2.29 bits per heavy atom. The molecule has 1 aromatic rings. The van der Waals surface area contributed by atoms with Crippen molar-refractivity contribution in [1.29, 1.82) is 0 Å². The van der Waals surface area contributed by atoms with Crippen molar-refractivity contribution in [3.8, 4) is 0 Å². The van der Waals surface area contributed by atoms with E-state index in [1.807, 2.05) is 0 Å². The first-order valence-electron chi connectivity index (χ1n) is 3.96. The molecule has 0 aliphatic heterocycles. The van der Waals surface area contributed by atoms with E-state index in [1.54, 1.807) is 13.0 Å². The van der Waals surface area contributed by atoms with Gasteiger partial charge in [-0.1, -0.05) is 0 Å². The Morgan fingerprint density at radius 1 is 1.57 bits per heavy atom. The zero-order valence-corrected chi connectivity index (χ0v) is 10.3. The Balaban J connectivity index is 0. The summed E-state index contributed by atoms with van der Waals surface area (Å²) in [7, 11) is 0. The van der Waals surface area contributed by atoms with Gasteiger partial charge in [-0.3, -0.25) is 9.59 Å². The van der Waals surface area contributed by atoms with Crippen molar-refractivity contribution in [2.45, 2.75) is 13.3 Å². The predicted molar refractivity (Wildman–Crippen MR) is 45.4 cm³/mol. The fourth-order valence-corrected chi connectivity index (χ4v) is 0.867. The first kappa shape index (κ1) is 13.4. The number of furan rings is 1. The molecule has 0 bridgehead atoms. The van der Waals surface area contributed by atoms with Crippen molar-refractivity contribution in [2.75, 3.05) is 6.61 Å². The number of esters is 1. The number of carbonyl (C=O) groups is 2. The van der Waals surface area contributed by atoms with Crippen LogP contribution in [0.5, 0.6) is 0 Å². The van der Waals surface area contributed by atoms with Gasteiger partial charge in [0.2, 0.25) is 5.78 Å². The second-order valence-corrected chi connectivity index (χ2v) is 2.38. The van der Waals surface area contributed by atoms with Crippen LogP contribution >= 0.6 is 0 Å². The third kappa shape index (κ3) is 4.09. The molecule has 72 valence electrons. The number of Topliss-reactive ketones (excluding diaryl/α,β-unsaturated/α-hetero) is 1. The predicted octanol–water partition coefficient (Wildman–Crippen LogP) is -1.47.